The summed E-state index contributed by atoms with van der Waals surface area (Å²) in [5.74, 6) is 0.394. The predicted molar refractivity (Wildman–Crippen MR) is 65.1 cm³/mol. The SMILES string of the molecule is Cc1ccc(C(C)(O)C2CCCCC2)cn1. The number of aryl methyl sites for hydroxylation is 1. The van der Waals surface area contributed by atoms with Gasteiger partial charge < -0.3 is 5.11 Å². The van der Waals surface area contributed by atoms with Gasteiger partial charge in [0, 0.05) is 17.5 Å². The molecule has 16 heavy (non-hydrogen) atoms. The normalized spacial score (nSPS) is 21.7. The molecular formula is C14H21NO. The highest BCUT2D eigenvalue weighted by Crippen LogP contribution is 2.38. The zero-order valence-corrected chi connectivity index (χ0v) is 10.2. The summed E-state index contributed by atoms with van der Waals surface area (Å²) in [5, 5.41) is 10.7. The molecule has 2 rings (SSSR count). The molecule has 1 aliphatic carbocycles. The predicted octanol–water partition coefficient (Wildman–Crippen LogP) is 3.18. The van der Waals surface area contributed by atoms with E-state index in [1.54, 1.807) is 0 Å². The van der Waals surface area contributed by atoms with Crippen LogP contribution in [0.1, 0.15) is 50.3 Å². The molecule has 0 bridgehead atoms. The summed E-state index contributed by atoms with van der Waals surface area (Å²) in [5.41, 5.74) is 1.26. The summed E-state index contributed by atoms with van der Waals surface area (Å²) in [6, 6.07) is 3.99. The molecule has 1 N–H and O–H groups in total. The van der Waals surface area contributed by atoms with Gasteiger partial charge in [0.1, 0.15) is 0 Å². The van der Waals surface area contributed by atoms with Gasteiger partial charge in [0.2, 0.25) is 0 Å². The van der Waals surface area contributed by atoms with E-state index < -0.39 is 5.60 Å². The molecule has 0 amide bonds. The van der Waals surface area contributed by atoms with Crippen molar-refractivity contribution < 1.29 is 5.11 Å². The topological polar surface area (TPSA) is 33.1 Å². The molecule has 1 heterocycles. The number of nitrogens with zero attached hydrogens (tertiary/aromatic N) is 1. The van der Waals surface area contributed by atoms with Gasteiger partial charge in [-0.25, -0.2) is 0 Å². The number of hydrogen-bond acceptors (Lipinski definition) is 2. The molecule has 2 heteroatoms. The molecule has 0 spiro atoms. The van der Waals surface area contributed by atoms with Crippen molar-refractivity contribution in [2.75, 3.05) is 0 Å². The molecule has 1 unspecified atom stereocenters. The standard InChI is InChI=1S/C14H21NO/c1-11-8-9-13(10-15-11)14(2,16)12-6-4-3-5-7-12/h8-10,12,16H,3-7H2,1-2H3. The van der Waals surface area contributed by atoms with Gasteiger partial charge in [0.15, 0.2) is 0 Å². The van der Waals surface area contributed by atoms with E-state index in [1.807, 2.05) is 32.2 Å². The molecule has 2 nitrogen and oxygen atoms in total. The van der Waals surface area contributed by atoms with E-state index in [1.165, 1.54) is 19.3 Å². The van der Waals surface area contributed by atoms with Crippen LogP contribution in [-0.4, -0.2) is 10.1 Å². The van der Waals surface area contributed by atoms with Crippen LogP contribution in [0, 0.1) is 12.8 Å². The highest BCUT2D eigenvalue weighted by atomic mass is 16.3. The Hall–Kier alpha value is -0.890. The van der Waals surface area contributed by atoms with Crippen molar-refractivity contribution in [1.29, 1.82) is 0 Å². The Bertz CT molecular complexity index is 336. The van der Waals surface area contributed by atoms with Crippen LogP contribution in [-0.2, 0) is 5.60 Å². The molecule has 1 aliphatic rings. The molecule has 1 fully saturated rings. The Labute approximate surface area is 97.7 Å². The van der Waals surface area contributed by atoms with Gasteiger partial charge in [0.05, 0.1) is 5.60 Å². The van der Waals surface area contributed by atoms with Crippen LogP contribution in [0.2, 0.25) is 0 Å². The van der Waals surface area contributed by atoms with Crippen LogP contribution < -0.4 is 0 Å². The van der Waals surface area contributed by atoms with Crippen LogP contribution in [0.25, 0.3) is 0 Å². The third kappa shape index (κ3) is 2.27. The van der Waals surface area contributed by atoms with Crippen molar-refractivity contribution in [3.05, 3.63) is 29.6 Å². The number of rotatable bonds is 2. The summed E-state index contributed by atoms with van der Waals surface area (Å²) in [4.78, 5) is 4.28. The maximum Gasteiger partial charge on any atom is 0.0911 e. The average Bonchev–Trinajstić information content (AvgIpc) is 2.31. The Kier molecular flexibility index (Phi) is 3.29. The highest BCUT2D eigenvalue weighted by Gasteiger charge is 2.34. The minimum atomic E-state index is -0.707. The van der Waals surface area contributed by atoms with Crippen LogP contribution >= 0.6 is 0 Å². The van der Waals surface area contributed by atoms with Gasteiger partial charge in [-0.05, 0) is 38.7 Å². The van der Waals surface area contributed by atoms with Gasteiger partial charge in [-0.3, -0.25) is 4.98 Å². The zero-order valence-electron chi connectivity index (χ0n) is 10.2. The Morgan fingerprint density at radius 2 is 1.94 bits per heavy atom. The zero-order chi connectivity index (χ0) is 11.6. The van der Waals surface area contributed by atoms with Crippen LogP contribution in [0.4, 0.5) is 0 Å². The largest absolute Gasteiger partial charge is 0.385 e. The smallest absolute Gasteiger partial charge is 0.0911 e. The first-order chi connectivity index (χ1) is 7.60. The highest BCUT2D eigenvalue weighted by molar-refractivity contribution is 5.20. The van der Waals surface area contributed by atoms with Gasteiger partial charge in [-0.1, -0.05) is 25.3 Å². The lowest BCUT2D eigenvalue weighted by atomic mass is 9.75. The first-order valence-electron chi connectivity index (χ1n) is 6.26. The van der Waals surface area contributed by atoms with Crippen LogP contribution in [0.15, 0.2) is 18.3 Å². The third-order valence-corrected chi connectivity index (χ3v) is 3.90. The average molecular weight is 219 g/mol. The fourth-order valence-corrected chi connectivity index (χ4v) is 2.67. The van der Waals surface area contributed by atoms with Crippen molar-refractivity contribution in [3.63, 3.8) is 0 Å². The first kappa shape index (κ1) is 11.6. The van der Waals surface area contributed by atoms with Gasteiger partial charge in [-0.15, -0.1) is 0 Å². The Morgan fingerprint density at radius 1 is 1.25 bits per heavy atom. The molecule has 1 saturated carbocycles. The maximum atomic E-state index is 10.7. The Morgan fingerprint density at radius 3 is 2.50 bits per heavy atom. The second-order valence-corrected chi connectivity index (χ2v) is 5.17. The second kappa shape index (κ2) is 4.54. The van der Waals surface area contributed by atoms with Crippen LogP contribution in [0.5, 0.6) is 0 Å². The lowest BCUT2D eigenvalue weighted by Gasteiger charge is -2.35. The molecular weight excluding hydrogens is 198 g/mol. The van der Waals surface area contributed by atoms with E-state index in [9.17, 15) is 5.11 Å². The summed E-state index contributed by atoms with van der Waals surface area (Å²) >= 11 is 0. The molecule has 0 aromatic carbocycles. The van der Waals surface area contributed by atoms with Crippen molar-refractivity contribution in [3.8, 4) is 0 Å². The van der Waals surface area contributed by atoms with Crippen molar-refractivity contribution in [1.82, 2.24) is 4.98 Å². The minimum Gasteiger partial charge on any atom is -0.385 e. The Balaban J connectivity index is 2.19. The van der Waals surface area contributed by atoms with E-state index in [4.69, 9.17) is 0 Å². The van der Waals surface area contributed by atoms with Crippen LogP contribution in [0.3, 0.4) is 0 Å². The van der Waals surface area contributed by atoms with E-state index in [2.05, 4.69) is 4.98 Å². The number of aromatic nitrogens is 1. The van der Waals surface area contributed by atoms with Gasteiger partial charge in [0.25, 0.3) is 0 Å². The van der Waals surface area contributed by atoms with Crippen molar-refractivity contribution in [2.24, 2.45) is 5.92 Å². The molecule has 1 aromatic heterocycles. The monoisotopic (exact) mass is 219 g/mol. The number of pyridine rings is 1. The molecule has 0 saturated heterocycles. The molecule has 0 radical (unpaired) electrons. The van der Waals surface area contributed by atoms with E-state index in [0.717, 1.165) is 24.1 Å². The fourth-order valence-electron chi connectivity index (χ4n) is 2.67. The molecule has 1 aromatic rings. The number of aliphatic hydroxyl groups is 1. The summed E-state index contributed by atoms with van der Waals surface area (Å²) in [6.07, 6.45) is 7.92. The molecule has 0 aliphatic heterocycles. The maximum absolute atomic E-state index is 10.7. The van der Waals surface area contributed by atoms with E-state index >= 15 is 0 Å². The van der Waals surface area contributed by atoms with Crippen molar-refractivity contribution in [2.45, 2.75) is 51.6 Å². The van der Waals surface area contributed by atoms with E-state index in [-0.39, 0.29) is 0 Å². The van der Waals surface area contributed by atoms with Crippen molar-refractivity contribution >= 4 is 0 Å². The summed E-state index contributed by atoms with van der Waals surface area (Å²) < 4.78 is 0. The minimum absolute atomic E-state index is 0.394. The van der Waals surface area contributed by atoms with Gasteiger partial charge >= 0.3 is 0 Å². The summed E-state index contributed by atoms with van der Waals surface area (Å²) in [7, 11) is 0. The third-order valence-electron chi connectivity index (χ3n) is 3.90. The first-order valence-corrected chi connectivity index (χ1v) is 6.26. The lowest BCUT2D eigenvalue weighted by Crippen LogP contribution is -2.33. The fraction of sp³-hybridized carbons (Fsp3) is 0.643. The quantitative estimate of drug-likeness (QED) is 0.828. The second-order valence-electron chi connectivity index (χ2n) is 5.17. The van der Waals surface area contributed by atoms with Gasteiger partial charge in [-0.2, -0.15) is 0 Å². The molecule has 88 valence electrons. The molecule has 1 atom stereocenters. The number of hydrogen-bond donors (Lipinski definition) is 1. The lowest BCUT2D eigenvalue weighted by molar-refractivity contribution is -0.0217. The summed E-state index contributed by atoms with van der Waals surface area (Å²) in [6.45, 7) is 3.91. The van der Waals surface area contributed by atoms with E-state index in [0.29, 0.717) is 5.92 Å².